The molecule has 3 heterocycles. The number of anilines is 4. The summed E-state index contributed by atoms with van der Waals surface area (Å²) < 4.78 is 7.50. The average Bonchev–Trinajstić information content (AvgIpc) is 3.64. The minimum Gasteiger partial charge on any atom is -0.494 e. The molecular formula is C30H34N8O2. The van der Waals surface area contributed by atoms with E-state index in [-0.39, 0.29) is 5.91 Å². The number of nitrogens with one attached hydrogen (secondary N) is 2. The average molecular weight is 539 g/mol. The van der Waals surface area contributed by atoms with Crippen molar-refractivity contribution >= 4 is 28.9 Å². The van der Waals surface area contributed by atoms with Gasteiger partial charge in [0.05, 0.1) is 29.9 Å². The maximum absolute atomic E-state index is 12.2. The molecule has 0 spiro atoms. The summed E-state index contributed by atoms with van der Waals surface area (Å²) in [6, 6.07) is 15.7. The predicted octanol–water partition coefficient (Wildman–Crippen LogP) is 4.87. The van der Waals surface area contributed by atoms with Gasteiger partial charge in [-0.15, -0.1) is 0 Å². The van der Waals surface area contributed by atoms with Crippen molar-refractivity contribution in [3.63, 3.8) is 0 Å². The molecule has 2 aromatic heterocycles. The van der Waals surface area contributed by atoms with Crippen molar-refractivity contribution in [2.75, 3.05) is 49.8 Å². The third-order valence-electron chi connectivity index (χ3n) is 6.65. The standard InChI is InChI=1S/C30H34N8O2/c1-5-28(39)32-23-17-24(26(40-4)18-25(23)37-15-9-10-16-37)33-30-31-14-13-27(34-30)38-20-22(19-36(2)3)29(35-38)21-11-7-6-8-12-21/h5-8,11-14,17-18,20H,1,9-10,15-16,19H2,2-4H3,(H,32,39)(H,31,33,34). The van der Waals surface area contributed by atoms with Crippen LogP contribution in [-0.2, 0) is 11.3 Å². The summed E-state index contributed by atoms with van der Waals surface area (Å²) >= 11 is 0. The number of aromatic nitrogens is 4. The summed E-state index contributed by atoms with van der Waals surface area (Å²) in [5.74, 6) is 1.33. The highest BCUT2D eigenvalue weighted by Crippen LogP contribution is 2.39. The largest absolute Gasteiger partial charge is 0.494 e. The fourth-order valence-electron chi connectivity index (χ4n) is 4.82. The molecule has 5 rings (SSSR count). The first-order valence-electron chi connectivity index (χ1n) is 13.2. The van der Waals surface area contributed by atoms with E-state index in [2.05, 4.69) is 44.1 Å². The number of nitrogens with zero attached hydrogens (tertiary/aromatic N) is 6. The van der Waals surface area contributed by atoms with Crippen molar-refractivity contribution in [2.24, 2.45) is 0 Å². The van der Waals surface area contributed by atoms with Crippen molar-refractivity contribution in [2.45, 2.75) is 19.4 Å². The zero-order valence-electron chi connectivity index (χ0n) is 23.1. The van der Waals surface area contributed by atoms with Crippen LogP contribution >= 0.6 is 0 Å². The number of rotatable bonds is 10. The summed E-state index contributed by atoms with van der Waals surface area (Å²) in [5.41, 5.74) is 5.24. The van der Waals surface area contributed by atoms with Crippen LogP contribution in [-0.4, -0.2) is 64.9 Å². The molecule has 0 saturated carbocycles. The number of ether oxygens (including phenoxy) is 1. The van der Waals surface area contributed by atoms with Gasteiger partial charge in [0, 0.05) is 55.3 Å². The molecule has 0 bridgehead atoms. The third kappa shape index (κ3) is 5.97. The van der Waals surface area contributed by atoms with E-state index in [0.29, 0.717) is 28.9 Å². The Kier molecular flexibility index (Phi) is 8.07. The van der Waals surface area contributed by atoms with Crippen LogP contribution in [0.2, 0.25) is 0 Å². The molecule has 1 saturated heterocycles. The highest BCUT2D eigenvalue weighted by atomic mass is 16.5. The molecule has 4 aromatic rings. The number of benzene rings is 2. The molecule has 0 atom stereocenters. The summed E-state index contributed by atoms with van der Waals surface area (Å²) in [6.07, 6.45) is 7.16. The third-order valence-corrected chi connectivity index (χ3v) is 6.65. The maximum Gasteiger partial charge on any atom is 0.247 e. The molecule has 10 nitrogen and oxygen atoms in total. The van der Waals surface area contributed by atoms with Crippen molar-refractivity contribution < 1.29 is 9.53 Å². The normalized spacial score (nSPS) is 12.9. The van der Waals surface area contributed by atoms with Crippen LogP contribution in [0.25, 0.3) is 17.1 Å². The molecule has 0 unspecified atom stereocenters. The summed E-state index contributed by atoms with van der Waals surface area (Å²) in [7, 11) is 5.69. The number of methoxy groups -OCH3 is 1. The van der Waals surface area contributed by atoms with Gasteiger partial charge in [0.2, 0.25) is 11.9 Å². The Morgan fingerprint density at radius 1 is 1.12 bits per heavy atom. The Morgan fingerprint density at radius 3 is 2.60 bits per heavy atom. The van der Waals surface area contributed by atoms with Gasteiger partial charge in [-0.25, -0.2) is 9.67 Å². The van der Waals surface area contributed by atoms with Crippen LogP contribution in [0.1, 0.15) is 18.4 Å². The smallest absolute Gasteiger partial charge is 0.247 e. The molecule has 1 aliphatic heterocycles. The molecule has 40 heavy (non-hydrogen) atoms. The van der Waals surface area contributed by atoms with E-state index in [1.807, 2.05) is 56.7 Å². The Hall–Kier alpha value is -4.70. The second kappa shape index (κ2) is 12.0. The van der Waals surface area contributed by atoms with Crippen molar-refractivity contribution in [3.05, 3.63) is 79.1 Å². The van der Waals surface area contributed by atoms with Gasteiger partial charge in [0.15, 0.2) is 5.82 Å². The second-order valence-corrected chi connectivity index (χ2v) is 9.87. The lowest BCUT2D eigenvalue weighted by Crippen LogP contribution is -2.21. The number of amides is 1. The summed E-state index contributed by atoms with van der Waals surface area (Å²) in [6.45, 7) is 6.17. The number of carbonyl (C=O) groups is 1. The molecule has 0 radical (unpaired) electrons. The molecule has 2 aromatic carbocycles. The highest BCUT2D eigenvalue weighted by Gasteiger charge is 2.21. The Balaban J connectivity index is 1.49. The summed E-state index contributed by atoms with van der Waals surface area (Å²) in [4.78, 5) is 25.8. The van der Waals surface area contributed by atoms with Gasteiger partial charge in [-0.2, -0.15) is 10.1 Å². The molecule has 0 aliphatic carbocycles. The first-order chi connectivity index (χ1) is 19.4. The highest BCUT2D eigenvalue weighted by molar-refractivity contribution is 6.02. The minimum absolute atomic E-state index is 0.281. The van der Waals surface area contributed by atoms with E-state index >= 15 is 0 Å². The second-order valence-electron chi connectivity index (χ2n) is 9.87. The van der Waals surface area contributed by atoms with Crippen molar-refractivity contribution in [3.8, 4) is 22.8 Å². The molecule has 1 fully saturated rings. The van der Waals surface area contributed by atoms with Crippen molar-refractivity contribution in [1.82, 2.24) is 24.6 Å². The van der Waals surface area contributed by atoms with Gasteiger partial charge < -0.3 is 25.2 Å². The van der Waals surface area contributed by atoms with E-state index in [0.717, 1.165) is 55.0 Å². The monoisotopic (exact) mass is 538 g/mol. The number of carbonyl (C=O) groups excluding carboxylic acids is 1. The van der Waals surface area contributed by atoms with Gasteiger partial charge in [-0.3, -0.25) is 4.79 Å². The van der Waals surface area contributed by atoms with Gasteiger partial charge >= 0.3 is 0 Å². The SMILES string of the molecule is C=CC(=O)Nc1cc(Nc2nccc(-n3cc(CN(C)C)c(-c4ccccc4)n3)n2)c(OC)cc1N1CCCC1. The van der Waals surface area contributed by atoms with Crippen LogP contribution in [0.3, 0.4) is 0 Å². The van der Waals surface area contributed by atoms with Gasteiger partial charge in [0.25, 0.3) is 0 Å². The fraction of sp³-hybridized carbons (Fsp3) is 0.267. The molecule has 1 aliphatic rings. The molecule has 2 N–H and O–H groups in total. The lowest BCUT2D eigenvalue weighted by atomic mass is 10.1. The Bertz CT molecular complexity index is 1490. The zero-order chi connectivity index (χ0) is 28.1. The minimum atomic E-state index is -0.281. The first kappa shape index (κ1) is 26.9. The van der Waals surface area contributed by atoms with Gasteiger partial charge in [-0.05, 0) is 39.1 Å². The topological polar surface area (TPSA) is 100 Å². The van der Waals surface area contributed by atoms with Gasteiger partial charge in [0.1, 0.15) is 5.75 Å². The molecule has 1 amide bonds. The number of hydrogen-bond acceptors (Lipinski definition) is 8. The van der Waals surface area contributed by atoms with Crippen LogP contribution in [0.5, 0.6) is 5.75 Å². The maximum atomic E-state index is 12.2. The Labute approximate surface area is 234 Å². The van der Waals surface area contributed by atoms with Gasteiger partial charge in [-0.1, -0.05) is 36.9 Å². The Morgan fingerprint density at radius 2 is 1.90 bits per heavy atom. The quantitative estimate of drug-likeness (QED) is 0.276. The van der Waals surface area contributed by atoms with Crippen LogP contribution < -0.4 is 20.3 Å². The lowest BCUT2D eigenvalue weighted by Gasteiger charge is -2.24. The van der Waals surface area contributed by atoms with E-state index in [1.165, 1.54) is 6.08 Å². The van der Waals surface area contributed by atoms with E-state index in [4.69, 9.17) is 14.8 Å². The van der Waals surface area contributed by atoms with Crippen LogP contribution in [0.4, 0.5) is 23.0 Å². The van der Waals surface area contributed by atoms with E-state index in [9.17, 15) is 4.79 Å². The fourth-order valence-corrected chi connectivity index (χ4v) is 4.82. The summed E-state index contributed by atoms with van der Waals surface area (Å²) in [5, 5.41) is 11.1. The van der Waals surface area contributed by atoms with Crippen LogP contribution in [0.15, 0.2) is 73.6 Å². The first-order valence-corrected chi connectivity index (χ1v) is 13.2. The number of hydrogen-bond donors (Lipinski definition) is 2. The predicted molar refractivity (Wildman–Crippen MR) is 159 cm³/mol. The molecule has 206 valence electrons. The van der Waals surface area contributed by atoms with Crippen LogP contribution in [0, 0.1) is 0 Å². The zero-order valence-corrected chi connectivity index (χ0v) is 23.1. The molecular weight excluding hydrogens is 504 g/mol. The van der Waals surface area contributed by atoms with Crippen molar-refractivity contribution in [1.29, 1.82) is 0 Å². The van der Waals surface area contributed by atoms with E-state index < -0.39 is 0 Å². The molecule has 10 heteroatoms. The lowest BCUT2D eigenvalue weighted by molar-refractivity contribution is -0.111. The van der Waals surface area contributed by atoms with E-state index in [1.54, 1.807) is 18.0 Å².